The third-order valence-corrected chi connectivity index (χ3v) is 1.92. The molecule has 0 amide bonds. The molecule has 0 radical (unpaired) electrons. The van der Waals surface area contributed by atoms with Gasteiger partial charge < -0.3 is 19.4 Å². The van der Waals surface area contributed by atoms with Crippen molar-refractivity contribution in [3.63, 3.8) is 0 Å². The lowest BCUT2D eigenvalue weighted by Crippen LogP contribution is -2.11. The van der Waals surface area contributed by atoms with Crippen LogP contribution in [0.2, 0.25) is 0 Å². The van der Waals surface area contributed by atoms with Gasteiger partial charge in [-0.15, -0.1) is 0 Å². The second-order valence-electron chi connectivity index (χ2n) is 3.57. The number of ether oxygens (including phenoxy) is 2. The first-order chi connectivity index (χ1) is 7.63. The number of unbranched alkanes of at least 4 members (excludes halogenated alkanes) is 2. The van der Waals surface area contributed by atoms with Gasteiger partial charge in [0.2, 0.25) is 0 Å². The molecule has 0 rings (SSSR count). The SMILES string of the molecule is CC(=O)CCCCCOCCOCC(=O)O. The summed E-state index contributed by atoms with van der Waals surface area (Å²) in [5, 5.41) is 8.26. The summed E-state index contributed by atoms with van der Waals surface area (Å²) in [6.07, 6.45) is 3.46. The molecule has 0 aromatic rings. The minimum absolute atomic E-state index is 0.225. The molecule has 0 bridgehead atoms. The Morgan fingerprint density at radius 1 is 1.00 bits per heavy atom. The molecule has 0 heterocycles. The standard InChI is InChI=1S/C11H20O5/c1-10(12)5-3-2-4-6-15-7-8-16-9-11(13)14/h2-9H2,1H3,(H,13,14). The van der Waals surface area contributed by atoms with Gasteiger partial charge in [0.05, 0.1) is 13.2 Å². The molecule has 5 heteroatoms. The molecule has 0 saturated carbocycles. The first-order valence-electron chi connectivity index (χ1n) is 5.49. The highest BCUT2D eigenvalue weighted by Gasteiger charge is 1.96. The Balaban J connectivity index is 2.98. The Morgan fingerprint density at radius 2 is 1.69 bits per heavy atom. The second-order valence-corrected chi connectivity index (χ2v) is 3.57. The highest BCUT2D eigenvalue weighted by Crippen LogP contribution is 2.00. The van der Waals surface area contributed by atoms with E-state index in [0.717, 1.165) is 19.3 Å². The van der Waals surface area contributed by atoms with Crippen molar-refractivity contribution in [2.45, 2.75) is 32.6 Å². The first kappa shape index (κ1) is 15.1. The molecule has 94 valence electrons. The van der Waals surface area contributed by atoms with E-state index in [-0.39, 0.29) is 12.4 Å². The number of ketones is 1. The predicted molar refractivity (Wildman–Crippen MR) is 58.4 cm³/mol. The van der Waals surface area contributed by atoms with Crippen LogP contribution in [0.4, 0.5) is 0 Å². The summed E-state index contributed by atoms with van der Waals surface area (Å²) >= 11 is 0. The number of rotatable bonds is 11. The van der Waals surface area contributed by atoms with E-state index in [2.05, 4.69) is 0 Å². The van der Waals surface area contributed by atoms with Gasteiger partial charge in [-0.25, -0.2) is 4.79 Å². The summed E-state index contributed by atoms with van der Waals surface area (Å²) in [5.41, 5.74) is 0. The Labute approximate surface area is 95.7 Å². The van der Waals surface area contributed by atoms with Crippen molar-refractivity contribution >= 4 is 11.8 Å². The number of carbonyl (C=O) groups is 2. The molecular formula is C11H20O5. The Hall–Kier alpha value is -0.940. The molecule has 1 N–H and O–H groups in total. The van der Waals surface area contributed by atoms with Crippen LogP contribution in [-0.2, 0) is 19.1 Å². The summed E-state index contributed by atoms with van der Waals surface area (Å²) in [7, 11) is 0. The number of hydrogen-bond donors (Lipinski definition) is 1. The van der Waals surface area contributed by atoms with Crippen LogP contribution in [0.1, 0.15) is 32.6 Å². The summed E-state index contributed by atoms with van der Waals surface area (Å²) in [4.78, 5) is 20.7. The minimum Gasteiger partial charge on any atom is -0.480 e. The smallest absolute Gasteiger partial charge is 0.329 e. The fourth-order valence-corrected chi connectivity index (χ4v) is 1.13. The number of carboxylic acid groups (broad SMARTS) is 1. The third-order valence-electron chi connectivity index (χ3n) is 1.92. The van der Waals surface area contributed by atoms with E-state index in [9.17, 15) is 9.59 Å². The Kier molecular flexibility index (Phi) is 9.95. The molecule has 0 fully saturated rings. The molecule has 0 aliphatic rings. The van der Waals surface area contributed by atoms with Crippen molar-refractivity contribution in [2.75, 3.05) is 26.4 Å². The van der Waals surface area contributed by atoms with Crippen molar-refractivity contribution in [3.05, 3.63) is 0 Å². The van der Waals surface area contributed by atoms with Gasteiger partial charge in [-0.05, 0) is 19.8 Å². The van der Waals surface area contributed by atoms with E-state index in [1.807, 2.05) is 0 Å². The van der Waals surface area contributed by atoms with Crippen LogP contribution in [0.15, 0.2) is 0 Å². The zero-order valence-corrected chi connectivity index (χ0v) is 9.74. The molecule has 0 saturated heterocycles. The van der Waals surface area contributed by atoms with Crippen molar-refractivity contribution in [1.29, 1.82) is 0 Å². The van der Waals surface area contributed by atoms with Gasteiger partial charge in [0.1, 0.15) is 12.4 Å². The van der Waals surface area contributed by atoms with Crippen LogP contribution in [0.3, 0.4) is 0 Å². The van der Waals surface area contributed by atoms with Crippen LogP contribution in [0, 0.1) is 0 Å². The molecule has 0 aromatic heterocycles. The lowest BCUT2D eigenvalue weighted by atomic mass is 10.1. The lowest BCUT2D eigenvalue weighted by Gasteiger charge is -2.03. The van der Waals surface area contributed by atoms with Crippen molar-refractivity contribution in [1.82, 2.24) is 0 Å². The van der Waals surface area contributed by atoms with Crippen LogP contribution in [-0.4, -0.2) is 43.3 Å². The molecule has 0 aliphatic heterocycles. The van der Waals surface area contributed by atoms with E-state index >= 15 is 0 Å². The highest BCUT2D eigenvalue weighted by molar-refractivity contribution is 5.75. The minimum atomic E-state index is -0.968. The zero-order valence-electron chi connectivity index (χ0n) is 9.74. The Bertz CT molecular complexity index is 181. The summed E-state index contributed by atoms with van der Waals surface area (Å²) in [6, 6.07) is 0. The van der Waals surface area contributed by atoms with E-state index < -0.39 is 5.97 Å². The fourth-order valence-electron chi connectivity index (χ4n) is 1.13. The molecule has 16 heavy (non-hydrogen) atoms. The van der Waals surface area contributed by atoms with Crippen LogP contribution >= 0.6 is 0 Å². The Morgan fingerprint density at radius 3 is 2.31 bits per heavy atom. The maximum Gasteiger partial charge on any atom is 0.329 e. The zero-order chi connectivity index (χ0) is 12.2. The maximum atomic E-state index is 10.6. The van der Waals surface area contributed by atoms with Gasteiger partial charge in [0, 0.05) is 13.0 Å². The average Bonchev–Trinajstić information content (AvgIpc) is 2.20. The van der Waals surface area contributed by atoms with E-state index in [1.165, 1.54) is 0 Å². The molecule has 0 aromatic carbocycles. The monoisotopic (exact) mass is 232 g/mol. The summed E-state index contributed by atoms with van der Waals surface area (Å²) < 4.78 is 10.0. The van der Waals surface area contributed by atoms with Gasteiger partial charge in [0.25, 0.3) is 0 Å². The number of carbonyl (C=O) groups excluding carboxylic acids is 1. The third kappa shape index (κ3) is 13.1. The fraction of sp³-hybridized carbons (Fsp3) is 0.818. The predicted octanol–water partition coefficient (Wildman–Crippen LogP) is 1.25. The average molecular weight is 232 g/mol. The number of Topliss-reactive ketones (excluding diaryl/α,β-unsaturated/α-hetero) is 1. The molecule has 0 spiro atoms. The van der Waals surface area contributed by atoms with Gasteiger partial charge in [-0.1, -0.05) is 6.42 Å². The van der Waals surface area contributed by atoms with Gasteiger partial charge in [0.15, 0.2) is 0 Å². The van der Waals surface area contributed by atoms with E-state index in [4.69, 9.17) is 14.6 Å². The normalized spacial score (nSPS) is 10.3. The molecule has 0 unspecified atom stereocenters. The van der Waals surface area contributed by atoms with Gasteiger partial charge >= 0.3 is 5.97 Å². The van der Waals surface area contributed by atoms with Crippen LogP contribution in [0.5, 0.6) is 0 Å². The topological polar surface area (TPSA) is 72.8 Å². The van der Waals surface area contributed by atoms with Crippen LogP contribution in [0.25, 0.3) is 0 Å². The largest absolute Gasteiger partial charge is 0.480 e. The summed E-state index contributed by atoms with van der Waals surface area (Å²) in [6.45, 7) is 2.67. The van der Waals surface area contributed by atoms with Gasteiger partial charge in [-0.3, -0.25) is 0 Å². The van der Waals surface area contributed by atoms with Crippen molar-refractivity contribution < 1.29 is 24.2 Å². The quantitative estimate of drug-likeness (QED) is 0.543. The van der Waals surface area contributed by atoms with Gasteiger partial charge in [-0.2, -0.15) is 0 Å². The van der Waals surface area contributed by atoms with Crippen molar-refractivity contribution in [3.8, 4) is 0 Å². The number of aliphatic carboxylic acids is 1. The van der Waals surface area contributed by atoms with Crippen molar-refractivity contribution in [2.24, 2.45) is 0 Å². The molecular weight excluding hydrogens is 212 g/mol. The molecule has 5 nitrogen and oxygen atoms in total. The summed E-state index contributed by atoms with van der Waals surface area (Å²) in [5.74, 6) is -0.743. The highest BCUT2D eigenvalue weighted by atomic mass is 16.5. The second kappa shape index (κ2) is 10.6. The molecule has 0 aliphatic carbocycles. The van der Waals surface area contributed by atoms with Crippen LogP contribution < -0.4 is 0 Å². The maximum absolute atomic E-state index is 10.6. The van der Waals surface area contributed by atoms with E-state index in [0.29, 0.717) is 26.2 Å². The first-order valence-corrected chi connectivity index (χ1v) is 5.49. The number of hydrogen-bond acceptors (Lipinski definition) is 4. The lowest BCUT2D eigenvalue weighted by molar-refractivity contribution is -0.142. The van der Waals surface area contributed by atoms with E-state index in [1.54, 1.807) is 6.92 Å². The number of carboxylic acids is 1. The molecule has 0 atom stereocenters.